The van der Waals surface area contributed by atoms with Gasteiger partial charge in [-0.3, -0.25) is 0 Å². The van der Waals surface area contributed by atoms with Gasteiger partial charge in [-0.05, 0) is 30.2 Å². The van der Waals surface area contributed by atoms with Crippen molar-refractivity contribution in [1.82, 2.24) is 0 Å². The summed E-state index contributed by atoms with van der Waals surface area (Å²) in [6, 6.07) is 6.42. The zero-order valence-electron chi connectivity index (χ0n) is 9.64. The van der Waals surface area contributed by atoms with Gasteiger partial charge in [0.2, 0.25) is 0 Å². The fourth-order valence-corrected chi connectivity index (χ4v) is 2.09. The molecule has 0 N–H and O–H groups in total. The molecule has 0 nitrogen and oxygen atoms in total. The highest BCUT2D eigenvalue weighted by atomic mass is 35.5. The lowest BCUT2D eigenvalue weighted by molar-refractivity contribution is 0.506. The molecular weight excluding hydrogens is 280 g/mol. The van der Waals surface area contributed by atoms with Crippen LogP contribution in [0, 0.1) is 23.3 Å². The maximum Gasteiger partial charge on any atom is 0.159 e. The van der Waals surface area contributed by atoms with Crippen LogP contribution in [0.15, 0.2) is 36.4 Å². The molecule has 1 atom stereocenters. The normalized spacial score (nSPS) is 12.5. The molecule has 2 aromatic carbocycles. The predicted octanol–water partition coefficient (Wildman–Crippen LogP) is 4.77. The lowest BCUT2D eigenvalue weighted by atomic mass is 10.0. The van der Waals surface area contributed by atoms with Crippen molar-refractivity contribution >= 4 is 11.6 Å². The Labute approximate surface area is 112 Å². The van der Waals surface area contributed by atoms with E-state index in [1.165, 1.54) is 12.1 Å². The third kappa shape index (κ3) is 3.26. The topological polar surface area (TPSA) is 0 Å². The van der Waals surface area contributed by atoms with Gasteiger partial charge in [-0.25, -0.2) is 17.6 Å². The Balaban J connectivity index is 2.20. The van der Waals surface area contributed by atoms with Crippen LogP contribution in [0.5, 0.6) is 0 Å². The summed E-state index contributed by atoms with van der Waals surface area (Å²) < 4.78 is 52.0. The van der Waals surface area contributed by atoms with Gasteiger partial charge in [0.1, 0.15) is 11.6 Å². The Morgan fingerprint density at radius 3 is 2.21 bits per heavy atom. The Bertz CT molecular complexity index is 598. The zero-order chi connectivity index (χ0) is 14.0. The van der Waals surface area contributed by atoms with Crippen molar-refractivity contribution in [2.24, 2.45) is 0 Å². The van der Waals surface area contributed by atoms with Gasteiger partial charge >= 0.3 is 0 Å². The van der Waals surface area contributed by atoms with Crippen molar-refractivity contribution in [3.05, 3.63) is 70.8 Å². The maximum atomic E-state index is 13.5. The molecular formula is C14H9ClF4. The SMILES string of the molecule is Fc1ccc(C(Cl)Cc2ccc(F)c(F)c2)c(F)c1. The predicted molar refractivity (Wildman–Crippen MR) is 65.0 cm³/mol. The molecule has 0 aliphatic carbocycles. The van der Waals surface area contributed by atoms with Gasteiger partial charge in [0.25, 0.3) is 0 Å². The summed E-state index contributed by atoms with van der Waals surface area (Å²) in [6.07, 6.45) is 0.112. The van der Waals surface area contributed by atoms with Gasteiger partial charge in [0.05, 0.1) is 5.38 Å². The fraction of sp³-hybridized carbons (Fsp3) is 0.143. The first-order valence-corrected chi connectivity index (χ1v) is 5.94. The molecule has 5 heteroatoms. The molecule has 1 unspecified atom stereocenters. The third-order valence-corrected chi connectivity index (χ3v) is 3.09. The van der Waals surface area contributed by atoms with Crippen LogP contribution in [0.1, 0.15) is 16.5 Å². The van der Waals surface area contributed by atoms with Crippen molar-refractivity contribution in [2.45, 2.75) is 11.8 Å². The maximum absolute atomic E-state index is 13.5. The quantitative estimate of drug-likeness (QED) is 0.564. The Morgan fingerprint density at radius 1 is 0.842 bits per heavy atom. The van der Waals surface area contributed by atoms with Gasteiger partial charge in [0, 0.05) is 11.6 Å². The number of benzene rings is 2. The molecule has 100 valence electrons. The van der Waals surface area contributed by atoms with Gasteiger partial charge < -0.3 is 0 Å². The molecule has 0 bridgehead atoms. The molecule has 0 fully saturated rings. The van der Waals surface area contributed by atoms with E-state index in [9.17, 15) is 17.6 Å². The second-order valence-corrected chi connectivity index (χ2v) is 4.61. The van der Waals surface area contributed by atoms with Crippen molar-refractivity contribution < 1.29 is 17.6 Å². The highest BCUT2D eigenvalue weighted by Gasteiger charge is 2.15. The van der Waals surface area contributed by atoms with Gasteiger partial charge in [-0.15, -0.1) is 11.6 Å². The van der Waals surface area contributed by atoms with Crippen molar-refractivity contribution in [3.63, 3.8) is 0 Å². The highest BCUT2D eigenvalue weighted by molar-refractivity contribution is 6.20. The summed E-state index contributed by atoms with van der Waals surface area (Å²) in [6.45, 7) is 0. The van der Waals surface area contributed by atoms with E-state index in [0.29, 0.717) is 5.56 Å². The largest absolute Gasteiger partial charge is 0.207 e. The molecule has 0 aliphatic rings. The van der Waals surface area contributed by atoms with E-state index in [0.717, 1.165) is 24.3 Å². The standard InChI is InChI=1S/C14H9ClF4/c15-11(10-3-2-9(16)7-13(10)18)5-8-1-4-12(17)14(19)6-8/h1-4,6-7,11H,5H2. The van der Waals surface area contributed by atoms with E-state index < -0.39 is 28.6 Å². The van der Waals surface area contributed by atoms with Crippen molar-refractivity contribution in [3.8, 4) is 0 Å². The summed E-state index contributed by atoms with van der Waals surface area (Å²) in [5.41, 5.74) is 0.551. The summed E-state index contributed by atoms with van der Waals surface area (Å²) in [4.78, 5) is 0. The fourth-order valence-electron chi connectivity index (χ4n) is 1.74. The molecule has 0 saturated carbocycles. The molecule has 0 aliphatic heterocycles. The number of hydrogen-bond acceptors (Lipinski definition) is 0. The van der Waals surface area contributed by atoms with Crippen molar-refractivity contribution in [2.75, 3.05) is 0 Å². The van der Waals surface area contributed by atoms with Gasteiger partial charge in [-0.2, -0.15) is 0 Å². The Kier molecular flexibility index (Phi) is 4.10. The van der Waals surface area contributed by atoms with Crippen LogP contribution in [-0.4, -0.2) is 0 Å². The van der Waals surface area contributed by atoms with E-state index in [2.05, 4.69) is 0 Å². The molecule has 19 heavy (non-hydrogen) atoms. The van der Waals surface area contributed by atoms with Crippen LogP contribution in [0.3, 0.4) is 0 Å². The number of hydrogen-bond donors (Lipinski definition) is 0. The molecule has 0 heterocycles. The van der Waals surface area contributed by atoms with E-state index in [1.54, 1.807) is 0 Å². The minimum absolute atomic E-state index is 0.112. The van der Waals surface area contributed by atoms with Crippen molar-refractivity contribution in [1.29, 1.82) is 0 Å². The number of halogens is 5. The third-order valence-electron chi connectivity index (χ3n) is 2.70. The van der Waals surface area contributed by atoms with E-state index in [-0.39, 0.29) is 12.0 Å². The molecule has 0 amide bonds. The second kappa shape index (κ2) is 5.61. The molecule has 0 saturated heterocycles. The smallest absolute Gasteiger partial charge is 0.159 e. The number of alkyl halides is 1. The van der Waals surface area contributed by atoms with Crippen LogP contribution in [-0.2, 0) is 6.42 Å². The van der Waals surface area contributed by atoms with Crippen LogP contribution >= 0.6 is 11.6 Å². The van der Waals surface area contributed by atoms with E-state index in [4.69, 9.17) is 11.6 Å². The summed E-state index contributed by atoms with van der Waals surface area (Å²) in [7, 11) is 0. The van der Waals surface area contributed by atoms with Gasteiger partial charge in [0.15, 0.2) is 11.6 Å². The first-order chi connectivity index (χ1) is 8.97. The molecule has 0 radical (unpaired) electrons. The lowest BCUT2D eigenvalue weighted by Crippen LogP contribution is -2.00. The average Bonchev–Trinajstić information content (AvgIpc) is 2.33. The Hall–Kier alpha value is -1.55. The van der Waals surface area contributed by atoms with Gasteiger partial charge in [-0.1, -0.05) is 12.1 Å². The van der Waals surface area contributed by atoms with Crippen LogP contribution in [0.2, 0.25) is 0 Å². The second-order valence-electron chi connectivity index (χ2n) is 4.09. The molecule has 0 spiro atoms. The van der Waals surface area contributed by atoms with E-state index >= 15 is 0 Å². The highest BCUT2D eigenvalue weighted by Crippen LogP contribution is 2.28. The summed E-state index contributed by atoms with van der Waals surface area (Å²) >= 11 is 6.01. The zero-order valence-corrected chi connectivity index (χ0v) is 10.4. The van der Waals surface area contributed by atoms with Crippen LogP contribution < -0.4 is 0 Å². The number of rotatable bonds is 3. The molecule has 2 rings (SSSR count). The minimum Gasteiger partial charge on any atom is -0.207 e. The molecule has 0 aromatic heterocycles. The molecule has 2 aromatic rings. The summed E-state index contributed by atoms with van der Waals surface area (Å²) in [5.74, 6) is -3.40. The first kappa shape index (κ1) is 13.9. The average molecular weight is 289 g/mol. The monoisotopic (exact) mass is 288 g/mol. The van der Waals surface area contributed by atoms with Crippen LogP contribution in [0.4, 0.5) is 17.6 Å². The lowest BCUT2D eigenvalue weighted by Gasteiger charge is -2.11. The van der Waals surface area contributed by atoms with Crippen LogP contribution in [0.25, 0.3) is 0 Å². The summed E-state index contributed by atoms with van der Waals surface area (Å²) in [5, 5.41) is -0.787. The first-order valence-electron chi connectivity index (χ1n) is 5.50. The Morgan fingerprint density at radius 2 is 1.58 bits per heavy atom. The van der Waals surface area contributed by atoms with E-state index in [1.807, 2.05) is 0 Å². The minimum atomic E-state index is -0.985.